The molecule has 2 aromatic rings. The molecule has 0 amide bonds. The number of ether oxygens (including phenoxy) is 1. The van der Waals surface area contributed by atoms with Crippen LogP contribution in [-0.4, -0.2) is 22.9 Å². The van der Waals surface area contributed by atoms with Gasteiger partial charge >= 0.3 is 0 Å². The van der Waals surface area contributed by atoms with Gasteiger partial charge in [-0.2, -0.15) is 5.10 Å². The highest BCUT2D eigenvalue weighted by atomic mass is 35.5. The third kappa shape index (κ3) is 4.48. The SMILES string of the molecule is CCCNC(COc1cccc(Cl)c1)c1ccnn1CC. The van der Waals surface area contributed by atoms with Crippen molar-refractivity contribution in [2.45, 2.75) is 32.9 Å². The van der Waals surface area contributed by atoms with Crippen LogP contribution in [0.3, 0.4) is 0 Å². The molecule has 0 aliphatic rings. The zero-order chi connectivity index (χ0) is 15.1. The van der Waals surface area contributed by atoms with E-state index in [1.807, 2.05) is 41.2 Å². The topological polar surface area (TPSA) is 39.1 Å². The fourth-order valence-corrected chi connectivity index (χ4v) is 2.39. The largest absolute Gasteiger partial charge is 0.491 e. The number of benzene rings is 1. The van der Waals surface area contributed by atoms with E-state index in [9.17, 15) is 0 Å². The number of aromatic nitrogens is 2. The highest BCUT2D eigenvalue weighted by Gasteiger charge is 2.16. The minimum atomic E-state index is 0.117. The van der Waals surface area contributed by atoms with Gasteiger partial charge in [0.1, 0.15) is 12.4 Å². The summed E-state index contributed by atoms with van der Waals surface area (Å²) in [4.78, 5) is 0. The fourth-order valence-electron chi connectivity index (χ4n) is 2.21. The normalized spacial score (nSPS) is 12.3. The molecule has 1 aromatic carbocycles. The van der Waals surface area contributed by atoms with E-state index < -0.39 is 0 Å². The molecule has 1 aromatic heterocycles. The number of halogens is 1. The van der Waals surface area contributed by atoms with Crippen molar-refractivity contribution in [2.75, 3.05) is 13.2 Å². The number of nitrogens with one attached hydrogen (secondary N) is 1. The van der Waals surface area contributed by atoms with E-state index in [2.05, 4.69) is 24.3 Å². The second-order valence-electron chi connectivity index (χ2n) is 4.85. The van der Waals surface area contributed by atoms with E-state index in [0.29, 0.717) is 11.6 Å². The van der Waals surface area contributed by atoms with Gasteiger partial charge in [0, 0.05) is 17.8 Å². The summed E-state index contributed by atoms with van der Waals surface area (Å²) in [5.41, 5.74) is 1.15. The van der Waals surface area contributed by atoms with Crippen LogP contribution in [0.25, 0.3) is 0 Å². The monoisotopic (exact) mass is 307 g/mol. The summed E-state index contributed by atoms with van der Waals surface area (Å²) in [7, 11) is 0. The van der Waals surface area contributed by atoms with Gasteiger partial charge in [0.05, 0.1) is 11.7 Å². The average Bonchev–Trinajstić information content (AvgIpc) is 2.96. The summed E-state index contributed by atoms with van der Waals surface area (Å²) in [6.45, 7) is 6.58. The summed E-state index contributed by atoms with van der Waals surface area (Å²) < 4.78 is 7.88. The second kappa shape index (κ2) is 8.05. The van der Waals surface area contributed by atoms with E-state index in [4.69, 9.17) is 16.3 Å². The van der Waals surface area contributed by atoms with Gasteiger partial charge in [-0.05, 0) is 44.2 Å². The Balaban J connectivity index is 2.06. The molecule has 0 aliphatic heterocycles. The molecule has 0 bridgehead atoms. The molecule has 2 rings (SSSR count). The van der Waals surface area contributed by atoms with E-state index >= 15 is 0 Å². The first-order valence-corrected chi connectivity index (χ1v) is 7.75. The van der Waals surface area contributed by atoms with Crippen molar-refractivity contribution in [2.24, 2.45) is 0 Å². The van der Waals surface area contributed by atoms with Crippen molar-refractivity contribution in [1.29, 1.82) is 0 Å². The molecular weight excluding hydrogens is 286 g/mol. The van der Waals surface area contributed by atoms with Crippen molar-refractivity contribution in [3.05, 3.63) is 47.2 Å². The quantitative estimate of drug-likeness (QED) is 0.808. The zero-order valence-corrected chi connectivity index (χ0v) is 13.3. The lowest BCUT2D eigenvalue weighted by atomic mass is 10.2. The number of hydrogen-bond acceptors (Lipinski definition) is 3. The highest BCUT2D eigenvalue weighted by molar-refractivity contribution is 6.30. The molecule has 1 atom stereocenters. The Bertz CT molecular complexity index is 556. The first-order valence-electron chi connectivity index (χ1n) is 7.38. The van der Waals surface area contributed by atoms with Gasteiger partial charge in [0.2, 0.25) is 0 Å². The Kier molecular flexibility index (Phi) is 6.08. The summed E-state index contributed by atoms with van der Waals surface area (Å²) in [5, 5.41) is 8.53. The molecule has 0 saturated carbocycles. The van der Waals surface area contributed by atoms with Crippen molar-refractivity contribution in [3.63, 3.8) is 0 Å². The van der Waals surface area contributed by atoms with Gasteiger partial charge in [-0.15, -0.1) is 0 Å². The molecule has 5 heteroatoms. The Morgan fingerprint density at radius 3 is 2.90 bits per heavy atom. The van der Waals surface area contributed by atoms with Crippen molar-refractivity contribution < 1.29 is 4.74 Å². The number of rotatable bonds is 8. The lowest BCUT2D eigenvalue weighted by Gasteiger charge is -2.20. The minimum absolute atomic E-state index is 0.117. The maximum absolute atomic E-state index is 5.98. The van der Waals surface area contributed by atoms with Gasteiger partial charge in [-0.3, -0.25) is 4.68 Å². The molecule has 0 saturated heterocycles. The first kappa shape index (κ1) is 15.9. The Morgan fingerprint density at radius 1 is 1.33 bits per heavy atom. The number of nitrogens with zero attached hydrogens (tertiary/aromatic N) is 2. The van der Waals surface area contributed by atoms with E-state index in [0.717, 1.165) is 31.0 Å². The summed E-state index contributed by atoms with van der Waals surface area (Å²) in [6.07, 6.45) is 2.91. The van der Waals surface area contributed by atoms with Crippen LogP contribution in [0.15, 0.2) is 36.5 Å². The van der Waals surface area contributed by atoms with Crippen LogP contribution in [-0.2, 0) is 6.54 Å². The molecule has 0 spiro atoms. The molecule has 0 aliphatic carbocycles. The van der Waals surface area contributed by atoms with Crippen LogP contribution in [0.2, 0.25) is 5.02 Å². The third-order valence-electron chi connectivity index (χ3n) is 3.26. The molecule has 114 valence electrons. The van der Waals surface area contributed by atoms with Gasteiger partial charge in [-0.25, -0.2) is 0 Å². The molecular formula is C16H22ClN3O. The standard InChI is InChI=1S/C16H22ClN3O/c1-3-9-18-15(16-8-10-19-20(16)4-2)12-21-14-7-5-6-13(17)11-14/h5-8,10-11,15,18H,3-4,9,12H2,1-2H3. The van der Waals surface area contributed by atoms with Gasteiger partial charge in [0.25, 0.3) is 0 Å². The second-order valence-corrected chi connectivity index (χ2v) is 5.28. The Hall–Kier alpha value is -1.52. The first-order chi connectivity index (χ1) is 10.2. The van der Waals surface area contributed by atoms with E-state index in [1.165, 1.54) is 0 Å². The molecule has 1 heterocycles. The van der Waals surface area contributed by atoms with Crippen LogP contribution >= 0.6 is 11.6 Å². The van der Waals surface area contributed by atoms with Gasteiger partial charge < -0.3 is 10.1 Å². The maximum atomic E-state index is 5.98. The number of aryl methyl sites for hydroxylation is 1. The third-order valence-corrected chi connectivity index (χ3v) is 3.49. The molecule has 0 fully saturated rings. The predicted octanol–water partition coefficient (Wildman–Crippen LogP) is 3.68. The summed E-state index contributed by atoms with van der Waals surface area (Å²) in [5.74, 6) is 0.786. The zero-order valence-electron chi connectivity index (χ0n) is 12.6. The van der Waals surface area contributed by atoms with Crippen LogP contribution in [0.1, 0.15) is 32.0 Å². The van der Waals surface area contributed by atoms with Gasteiger partial charge in [-0.1, -0.05) is 24.6 Å². The molecule has 1 N–H and O–H groups in total. The smallest absolute Gasteiger partial charge is 0.120 e. The Labute approximate surface area is 131 Å². The lowest BCUT2D eigenvalue weighted by Crippen LogP contribution is -2.29. The van der Waals surface area contributed by atoms with Crippen LogP contribution < -0.4 is 10.1 Å². The van der Waals surface area contributed by atoms with E-state index in [1.54, 1.807) is 0 Å². The van der Waals surface area contributed by atoms with E-state index in [-0.39, 0.29) is 6.04 Å². The molecule has 1 unspecified atom stereocenters. The molecule has 4 nitrogen and oxygen atoms in total. The fraction of sp³-hybridized carbons (Fsp3) is 0.438. The average molecular weight is 308 g/mol. The maximum Gasteiger partial charge on any atom is 0.120 e. The van der Waals surface area contributed by atoms with Crippen molar-refractivity contribution in [1.82, 2.24) is 15.1 Å². The lowest BCUT2D eigenvalue weighted by molar-refractivity contribution is 0.259. The van der Waals surface area contributed by atoms with Crippen molar-refractivity contribution >= 4 is 11.6 Å². The van der Waals surface area contributed by atoms with Crippen LogP contribution in [0.4, 0.5) is 0 Å². The van der Waals surface area contributed by atoms with Crippen molar-refractivity contribution in [3.8, 4) is 5.75 Å². The number of hydrogen-bond donors (Lipinski definition) is 1. The molecule has 0 radical (unpaired) electrons. The van der Waals surface area contributed by atoms with Crippen LogP contribution in [0, 0.1) is 0 Å². The van der Waals surface area contributed by atoms with Crippen LogP contribution in [0.5, 0.6) is 5.75 Å². The van der Waals surface area contributed by atoms with Gasteiger partial charge in [0.15, 0.2) is 0 Å². The highest BCUT2D eigenvalue weighted by Crippen LogP contribution is 2.20. The minimum Gasteiger partial charge on any atom is -0.491 e. The summed E-state index contributed by atoms with van der Waals surface area (Å²) >= 11 is 5.98. The summed E-state index contributed by atoms with van der Waals surface area (Å²) in [6, 6.07) is 9.63. The molecule has 21 heavy (non-hydrogen) atoms. The predicted molar refractivity (Wildman–Crippen MR) is 85.9 cm³/mol. The Morgan fingerprint density at radius 2 is 2.19 bits per heavy atom.